The maximum Gasteiger partial charge on any atom is 0.416 e. The van der Waals surface area contributed by atoms with Crippen LogP contribution in [0.5, 0.6) is 0 Å². The number of hydrogen-bond donors (Lipinski definition) is 0. The van der Waals surface area contributed by atoms with Crippen LogP contribution in [0.1, 0.15) is 33.8 Å². The first kappa shape index (κ1) is 17.0. The summed E-state index contributed by atoms with van der Waals surface area (Å²) in [5, 5.41) is 0.673. The zero-order chi connectivity index (χ0) is 18.6. The molecule has 3 aromatic rings. The minimum Gasteiger partial charge on any atom is -0.292 e. The lowest BCUT2D eigenvalue weighted by atomic mass is 10.1. The van der Waals surface area contributed by atoms with Crippen molar-refractivity contribution in [2.75, 3.05) is 0 Å². The van der Waals surface area contributed by atoms with Crippen LogP contribution in [0.3, 0.4) is 0 Å². The fourth-order valence-electron chi connectivity index (χ4n) is 3.23. The standard InChI is InChI=1S/C19H15F3N2OS/c1-10-11(2)26-17-15(10)18(25)24-8-7-13(16(24)23-17)9-12-3-5-14(6-4-12)19(20,21)22/h3-6,9H,7-8H2,1-2H3/b13-9+. The highest BCUT2D eigenvalue weighted by atomic mass is 32.1. The molecule has 0 saturated carbocycles. The quantitative estimate of drug-likeness (QED) is 0.596. The second-order valence-corrected chi connectivity index (χ2v) is 7.60. The predicted octanol–water partition coefficient (Wildman–Crippen LogP) is 5.04. The van der Waals surface area contributed by atoms with Crippen molar-refractivity contribution in [2.24, 2.45) is 0 Å². The molecule has 0 spiro atoms. The number of fused-ring (bicyclic) bond motifs is 2. The summed E-state index contributed by atoms with van der Waals surface area (Å²) in [6.45, 7) is 4.44. The Morgan fingerprint density at radius 1 is 1.19 bits per heavy atom. The van der Waals surface area contributed by atoms with Gasteiger partial charge in [-0.15, -0.1) is 11.3 Å². The Morgan fingerprint density at radius 2 is 1.88 bits per heavy atom. The zero-order valence-electron chi connectivity index (χ0n) is 14.1. The number of halogens is 3. The Balaban J connectivity index is 1.79. The van der Waals surface area contributed by atoms with E-state index in [1.807, 2.05) is 19.9 Å². The van der Waals surface area contributed by atoms with Gasteiger partial charge in [-0.25, -0.2) is 4.98 Å². The molecule has 3 heterocycles. The molecule has 0 amide bonds. The van der Waals surface area contributed by atoms with E-state index in [9.17, 15) is 18.0 Å². The number of thiophene rings is 1. The first-order chi connectivity index (χ1) is 12.3. The molecule has 0 fully saturated rings. The predicted molar refractivity (Wildman–Crippen MR) is 97.3 cm³/mol. The fraction of sp³-hybridized carbons (Fsp3) is 0.263. The van der Waals surface area contributed by atoms with Crippen LogP contribution in [0.25, 0.3) is 21.9 Å². The van der Waals surface area contributed by atoms with Crippen LogP contribution in [0.15, 0.2) is 29.1 Å². The number of hydrogen-bond acceptors (Lipinski definition) is 3. The van der Waals surface area contributed by atoms with Crippen LogP contribution in [0.4, 0.5) is 13.2 Å². The summed E-state index contributed by atoms with van der Waals surface area (Å²) >= 11 is 1.50. The number of aromatic nitrogens is 2. The summed E-state index contributed by atoms with van der Waals surface area (Å²) in [7, 11) is 0. The first-order valence-corrected chi connectivity index (χ1v) is 8.96. The number of aryl methyl sites for hydroxylation is 2. The zero-order valence-corrected chi connectivity index (χ0v) is 15.0. The largest absolute Gasteiger partial charge is 0.416 e. The third kappa shape index (κ3) is 2.67. The third-order valence-corrected chi connectivity index (χ3v) is 5.86. The summed E-state index contributed by atoms with van der Waals surface area (Å²) in [5.74, 6) is 0.614. The fourth-order valence-corrected chi connectivity index (χ4v) is 4.25. The van der Waals surface area contributed by atoms with Crippen molar-refractivity contribution < 1.29 is 13.2 Å². The van der Waals surface area contributed by atoms with Gasteiger partial charge in [-0.05, 0) is 55.2 Å². The summed E-state index contributed by atoms with van der Waals surface area (Å²) < 4.78 is 39.7. The molecule has 0 atom stereocenters. The van der Waals surface area contributed by atoms with Crippen molar-refractivity contribution in [1.82, 2.24) is 9.55 Å². The average Bonchev–Trinajstić information content (AvgIpc) is 3.10. The lowest BCUT2D eigenvalue weighted by molar-refractivity contribution is -0.137. The topological polar surface area (TPSA) is 34.9 Å². The Morgan fingerprint density at radius 3 is 2.54 bits per heavy atom. The van der Waals surface area contributed by atoms with Crippen molar-refractivity contribution >= 4 is 33.2 Å². The Bertz CT molecular complexity index is 1100. The van der Waals surface area contributed by atoms with Gasteiger partial charge in [0.15, 0.2) is 0 Å². The molecule has 4 rings (SSSR count). The van der Waals surface area contributed by atoms with E-state index in [0.717, 1.165) is 33.0 Å². The van der Waals surface area contributed by atoms with Crippen molar-refractivity contribution in [3.05, 3.63) is 62.0 Å². The molecule has 26 heavy (non-hydrogen) atoms. The molecular weight excluding hydrogens is 361 g/mol. The van der Waals surface area contributed by atoms with Crippen LogP contribution >= 0.6 is 11.3 Å². The van der Waals surface area contributed by atoms with Gasteiger partial charge in [0.05, 0.1) is 10.9 Å². The average molecular weight is 376 g/mol. The van der Waals surface area contributed by atoms with Crippen LogP contribution in [-0.4, -0.2) is 9.55 Å². The van der Waals surface area contributed by atoms with Gasteiger partial charge < -0.3 is 0 Å². The van der Waals surface area contributed by atoms with Gasteiger partial charge in [0.1, 0.15) is 10.7 Å². The Kier molecular flexibility index (Phi) is 3.80. The maximum absolute atomic E-state index is 12.8. The van der Waals surface area contributed by atoms with Gasteiger partial charge >= 0.3 is 6.18 Å². The second-order valence-electron chi connectivity index (χ2n) is 6.39. The molecule has 0 saturated heterocycles. The summed E-state index contributed by atoms with van der Waals surface area (Å²) in [5.41, 5.74) is 1.79. The van der Waals surface area contributed by atoms with Gasteiger partial charge in [0.25, 0.3) is 5.56 Å². The summed E-state index contributed by atoms with van der Waals surface area (Å²) in [4.78, 5) is 19.2. The Hall–Kier alpha value is -2.41. The van der Waals surface area contributed by atoms with E-state index in [4.69, 9.17) is 0 Å². The van der Waals surface area contributed by atoms with Crippen LogP contribution < -0.4 is 5.56 Å². The molecule has 0 radical (unpaired) electrons. The van der Waals surface area contributed by atoms with Gasteiger partial charge in [-0.3, -0.25) is 9.36 Å². The SMILES string of the molecule is Cc1sc2nc3n(c(=O)c2c1C)CC/C3=C\c1ccc(C(F)(F)F)cc1. The van der Waals surface area contributed by atoms with E-state index in [2.05, 4.69) is 4.98 Å². The highest BCUT2D eigenvalue weighted by Crippen LogP contribution is 2.33. The number of alkyl halides is 3. The molecule has 1 aliphatic rings. The highest BCUT2D eigenvalue weighted by molar-refractivity contribution is 7.18. The van der Waals surface area contributed by atoms with Gasteiger partial charge in [-0.1, -0.05) is 12.1 Å². The minimum atomic E-state index is -4.35. The lowest BCUT2D eigenvalue weighted by Gasteiger charge is -2.06. The number of nitrogens with zero attached hydrogens (tertiary/aromatic N) is 2. The molecule has 0 N–H and O–H groups in total. The molecule has 0 bridgehead atoms. The molecule has 7 heteroatoms. The van der Waals surface area contributed by atoms with Crippen molar-refractivity contribution in [2.45, 2.75) is 33.0 Å². The van der Waals surface area contributed by atoms with E-state index in [1.165, 1.54) is 23.5 Å². The monoisotopic (exact) mass is 376 g/mol. The van der Waals surface area contributed by atoms with Gasteiger partial charge in [0, 0.05) is 11.4 Å². The highest BCUT2D eigenvalue weighted by Gasteiger charge is 2.30. The summed E-state index contributed by atoms with van der Waals surface area (Å²) in [6, 6.07) is 5.01. The maximum atomic E-state index is 12.8. The third-order valence-electron chi connectivity index (χ3n) is 4.76. The molecule has 0 unspecified atom stereocenters. The van der Waals surface area contributed by atoms with E-state index in [1.54, 1.807) is 4.57 Å². The van der Waals surface area contributed by atoms with Crippen LogP contribution in [-0.2, 0) is 12.7 Å². The smallest absolute Gasteiger partial charge is 0.292 e. The molecule has 0 aliphatic carbocycles. The van der Waals surface area contributed by atoms with E-state index < -0.39 is 11.7 Å². The number of allylic oxidation sites excluding steroid dienone is 1. The van der Waals surface area contributed by atoms with Crippen LogP contribution in [0, 0.1) is 13.8 Å². The number of benzene rings is 1. The molecule has 3 nitrogen and oxygen atoms in total. The lowest BCUT2D eigenvalue weighted by Crippen LogP contribution is -2.20. The van der Waals surface area contributed by atoms with E-state index in [-0.39, 0.29) is 5.56 Å². The van der Waals surface area contributed by atoms with Crippen molar-refractivity contribution in [3.8, 4) is 0 Å². The molecule has 1 aliphatic heterocycles. The Labute approximate surface area is 151 Å². The van der Waals surface area contributed by atoms with Gasteiger partial charge in [-0.2, -0.15) is 13.2 Å². The summed E-state index contributed by atoms with van der Waals surface area (Å²) in [6.07, 6.45) is -1.90. The van der Waals surface area contributed by atoms with Crippen molar-refractivity contribution in [3.63, 3.8) is 0 Å². The minimum absolute atomic E-state index is 0.0392. The van der Waals surface area contributed by atoms with E-state index in [0.29, 0.717) is 29.7 Å². The number of rotatable bonds is 1. The normalized spacial score (nSPS) is 15.8. The van der Waals surface area contributed by atoms with Crippen molar-refractivity contribution in [1.29, 1.82) is 0 Å². The van der Waals surface area contributed by atoms with Gasteiger partial charge in [0.2, 0.25) is 0 Å². The van der Waals surface area contributed by atoms with E-state index >= 15 is 0 Å². The molecular formula is C19H15F3N2OS. The van der Waals surface area contributed by atoms with Crippen LogP contribution in [0.2, 0.25) is 0 Å². The second kappa shape index (κ2) is 5.81. The first-order valence-electron chi connectivity index (χ1n) is 8.14. The molecule has 1 aromatic carbocycles. The molecule has 2 aromatic heterocycles. The molecule has 134 valence electrons.